The van der Waals surface area contributed by atoms with E-state index < -0.39 is 12.0 Å². The number of nitrogens with two attached hydrogens (primary N) is 1. The summed E-state index contributed by atoms with van der Waals surface area (Å²) in [6.45, 7) is 6.33. The van der Waals surface area contributed by atoms with Gasteiger partial charge in [-0.05, 0) is 23.0 Å². The molecule has 1 rings (SSSR count). The van der Waals surface area contributed by atoms with E-state index >= 15 is 0 Å². The van der Waals surface area contributed by atoms with Crippen LogP contribution in [-0.4, -0.2) is 17.1 Å². The highest BCUT2D eigenvalue weighted by molar-refractivity contribution is 5.73. The van der Waals surface area contributed by atoms with Gasteiger partial charge in [0.2, 0.25) is 0 Å². The molecule has 0 aliphatic heterocycles. The van der Waals surface area contributed by atoms with Gasteiger partial charge in [-0.2, -0.15) is 0 Å². The molecule has 1 aromatic rings. The molecule has 0 saturated carbocycles. The van der Waals surface area contributed by atoms with Crippen LogP contribution in [0.25, 0.3) is 0 Å². The quantitative estimate of drug-likeness (QED) is 0.819. The summed E-state index contributed by atoms with van der Waals surface area (Å²) in [5.41, 5.74) is 7.75. The molecule has 16 heavy (non-hydrogen) atoms. The number of carboxylic acids is 1. The topological polar surface area (TPSA) is 63.3 Å². The number of aliphatic carboxylic acids is 1. The predicted molar refractivity (Wildman–Crippen MR) is 64.5 cm³/mol. The maximum Gasteiger partial charge on any atom is 0.320 e. The fraction of sp³-hybridized carbons (Fsp3) is 0.462. The lowest BCUT2D eigenvalue weighted by Crippen LogP contribution is -2.33. The zero-order valence-corrected chi connectivity index (χ0v) is 10.0. The molecule has 0 aliphatic carbocycles. The molecule has 0 amide bonds. The number of hydrogen-bond acceptors (Lipinski definition) is 2. The first-order chi connectivity index (χ1) is 7.32. The number of rotatable bonds is 3. The maximum absolute atomic E-state index is 10.7. The highest BCUT2D eigenvalue weighted by atomic mass is 16.4. The van der Waals surface area contributed by atoms with Crippen LogP contribution in [0.5, 0.6) is 0 Å². The largest absolute Gasteiger partial charge is 0.480 e. The maximum atomic E-state index is 10.7. The Kier molecular flexibility index (Phi) is 3.70. The van der Waals surface area contributed by atoms with Crippen molar-refractivity contribution in [1.29, 1.82) is 0 Å². The minimum Gasteiger partial charge on any atom is -0.480 e. The Hall–Kier alpha value is -1.35. The molecule has 3 heteroatoms. The molecule has 0 heterocycles. The number of carbonyl (C=O) groups is 1. The second-order valence-electron chi connectivity index (χ2n) is 5.06. The fourth-order valence-electron chi connectivity index (χ4n) is 1.75. The summed E-state index contributed by atoms with van der Waals surface area (Å²) < 4.78 is 0. The van der Waals surface area contributed by atoms with Gasteiger partial charge in [0.15, 0.2) is 0 Å². The van der Waals surface area contributed by atoms with Crippen LogP contribution in [0.2, 0.25) is 0 Å². The van der Waals surface area contributed by atoms with Crippen LogP contribution in [0, 0.1) is 0 Å². The Morgan fingerprint density at radius 3 is 2.44 bits per heavy atom. The highest BCUT2D eigenvalue weighted by Crippen LogP contribution is 2.26. The van der Waals surface area contributed by atoms with Gasteiger partial charge < -0.3 is 10.8 Å². The van der Waals surface area contributed by atoms with E-state index in [-0.39, 0.29) is 5.41 Å². The van der Waals surface area contributed by atoms with Crippen LogP contribution in [0.1, 0.15) is 31.9 Å². The SMILES string of the molecule is CC(C)(C)c1ccccc1CC(N)C(=O)O. The van der Waals surface area contributed by atoms with Crippen molar-refractivity contribution in [1.82, 2.24) is 0 Å². The van der Waals surface area contributed by atoms with Gasteiger partial charge in [-0.25, -0.2) is 0 Å². The van der Waals surface area contributed by atoms with Crippen molar-refractivity contribution < 1.29 is 9.90 Å². The Morgan fingerprint density at radius 1 is 1.38 bits per heavy atom. The van der Waals surface area contributed by atoms with Gasteiger partial charge in [0.1, 0.15) is 6.04 Å². The van der Waals surface area contributed by atoms with Gasteiger partial charge in [0, 0.05) is 0 Å². The van der Waals surface area contributed by atoms with E-state index in [0.29, 0.717) is 6.42 Å². The summed E-state index contributed by atoms with van der Waals surface area (Å²) in [7, 11) is 0. The van der Waals surface area contributed by atoms with Crippen molar-refractivity contribution in [2.45, 2.75) is 38.6 Å². The predicted octanol–water partition coefficient (Wildman–Crippen LogP) is 1.94. The minimum atomic E-state index is -0.955. The summed E-state index contributed by atoms with van der Waals surface area (Å²) in [4.78, 5) is 10.7. The molecule has 0 aromatic heterocycles. The summed E-state index contributed by atoms with van der Waals surface area (Å²) >= 11 is 0. The summed E-state index contributed by atoms with van der Waals surface area (Å²) in [6, 6.07) is 7.03. The molecule has 0 fully saturated rings. The van der Waals surface area contributed by atoms with Crippen molar-refractivity contribution in [3.63, 3.8) is 0 Å². The summed E-state index contributed by atoms with van der Waals surface area (Å²) in [6.07, 6.45) is 0.378. The number of benzene rings is 1. The number of hydrogen-bond donors (Lipinski definition) is 2. The zero-order chi connectivity index (χ0) is 12.3. The Balaban J connectivity index is 3.01. The average Bonchev–Trinajstić information content (AvgIpc) is 2.16. The van der Waals surface area contributed by atoms with Crippen LogP contribution in [0.4, 0.5) is 0 Å². The molecule has 0 spiro atoms. The molecular weight excluding hydrogens is 202 g/mol. The van der Waals surface area contributed by atoms with Crippen molar-refractivity contribution >= 4 is 5.97 Å². The molecule has 0 radical (unpaired) electrons. The van der Waals surface area contributed by atoms with E-state index in [1.54, 1.807) is 0 Å². The molecule has 1 atom stereocenters. The standard InChI is InChI=1S/C13H19NO2/c1-13(2,3)10-7-5-4-6-9(10)8-11(14)12(15)16/h4-7,11H,8,14H2,1-3H3,(H,15,16). The third kappa shape index (κ3) is 3.07. The molecule has 0 saturated heterocycles. The van der Waals surface area contributed by atoms with Gasteiger partial charge in [0.05, 0.1) is 0 Å². The van der Waals surface area contributed by atoms with Gasteiger partial charge in [-0.3, -0.25) is 4.79 Å². The Bertz CT molecular complexity index is 380. The van der Waals surface area contributed by atoms with E-state index in [2.05, 4.69) is 20.8 Å². The summed E-state index contributed by atoms with van der Waals surface area (Å²) in [5.74, 6) is -0.955. The molecule has 3 nitrogen and oxygen atoms in total. The molecular formula is C13H19NO2. The van der Waals surface area contributed by atoms with Gasteiger partial charge in [-0.15, -0.1) is 0 Å². The molecule has 1 unspecified atom stereocenters. The van der Waals surface area contributed by atoms with Gasteiger partial charge in [0.25, 0.3) is 0 Å². The molecule has 88 valence electrons. The number of carboxylic acid groups (broad SMARTS) is 1. The van der Waals surface area contributed by atoms with Crippen molar-refractivity contribution in [2.24, 2.45) is 5.73 Å². The molecule has 0 bridgehead atoms. The Morgan fingerprint density at radius 2 is 1.94 bits per heavy atom. The molecule has 1 aromatic carbocycles. The van der Waals surface area contributed by atoms with Gasteiger partial charge >= 0.3 is 5.97 Å². The third-order valence-electron chi connectivity index (χ3n) is 2.58. The van der Waals surface area contributed by atoms with Crippen LogP contribution in [0.15, 0.2) is 24.3 Å². The average molecular weight is 221 g/mol. The lowest BCUT2D eigenvalue weighted by atomic mass is 9.82. The lowest BCUT2D eigenvalue weighted by molar-refractivity contribution is -0.138. The van der Waals surface area contributed by atoms with E-state index in [1.165, 1.54) is 0 Å². The normalized spacial score (nSPS) is 13.5. The van der Waals surface area contributed by atoms with Crippen LogP contribution in [-0.2, 0) is 16.6 Å². The third-order valence-corrected chi connectivity index (χ3v) is 2.58. The van der Waals surface area contributed by atoms with E-state index in [4.69, 9.17) is 10.8 Å². The van der Waals surface area contributed by atoms with E-state index in [9.17, 15) is 4.79 Å². The van der Waals surface area contributed by atoms with E-state index in [0.717, 1.165) is 11.1 Å². The first-order valence-electron chi connectivity index (χ1n) is 5.39. The van der Waals surface area contributed by atoms with Crippen LogP contribution < -0.4 is 5.73 Å². The fourth-order valence-corrected chi connectivity index (χ4v) is 1.75. The molecule has 0 aliphatic rings. The highest BCUT2D eigenvalue weighted by Gasteiger charge is 2.20. The molecule has 3 N–H and O–H groups in total. The second kappa shape index (κ2) is 4.66. The first kappa shape index (κ1) is 12.7. The van der Waals surface area contributed by atoms with Crippen LogP contribution >= 0.6 is 0 Å². The van der Waals surface area contributed by atoms with Crippen LogP contribution in [0.3, 0.4) is 0 Å². The monoisotopic (exact) mass is 221 g/mol. The van der Waals surface area contributed by atoms with Crippen molar-refractivity contribution in [3.05, 3.63) is 35.4 Å². The second-order valence-corrected chi connectivity index (χ2v) is 5.06. The lowest BCUT2D eigenvalue weighted by Gasteiger charge is -2.23. The Labute approximate surface area is 96.3 Å². The summed E-state index contributed by atoms with van der Waals surface area (Å²) in [5, 5.41) is 8.81. The minimum absolute atomic E-state index is 0.00875. The first-order valence-corrected chi connectivity index (χ1v) is 5.39. The smallest absolute Gasteiger partial charge is 0.320 e. The zero-order valence-electron chi connectivity index (χ0n) is 10.0. The van der Waals surface area contributed by atoms with Crippen molar-refractivity contribution in [2.75, 3.05) is 0 Å². The van der Waals surface area contributed by atoms with Crippen molar-refractivity contribution in [3.8, 4) is 0 Å². The van der Waals surface area contributed by atoms with E-state index in [1.807, 2.05) is 24.3 Å². The van der Waals surface area contributed by atoms with Gasteiger partial charge in [-0.1, -0.05) is 45.0 Å².